The minimum Gasteiger partial charge on any atom is -0.378 e. The van der Waals surface area contributed by atoms with Gasteiger partial charge in [-0.1, -0.05) is 12.0 Å². The van der Waals surface area contributed by atoms with Crippen molar-refractivity contribution >= 4 is 11.6 Å². The van der Waals surface area contributed by atoms with Gasteiger partial charge in [-0.2, -0.15) is 0 Å². The third-order valence-corrected chi connectivity index (χ3v) is 1.57. The third kappa shape index (κ3) is 4.89. The fourth-order valence-electron chi connectivity index (χ4n) is 0.783. The molecule has 62 valence electrons. The number of halogens is 1. The number of aliphatic hydroxyl groups is 1. The Morgan fingerprint density at radius 1 is 1.82 bits per heavy atom. The zero-order valence-corrected chi connectivity index (χ0v) is 7.65. The largest absolute Gasteiger partial charge is 0.378 e. The lowest BCUT2D eigenvalue weighted by atomic mass is 10.0. The maximum atomic E-state index is 9.51. The van der Waals surface area contributed by atoms with Gasteiger partial charge in [0, 0.05) is 6.42 Å². The van der Waals surface area contributed by atoms with Crippen LogP contribution in [-0.2, 0) is 0 Å². The van der Waals surface area contributed by atoms with Crippen molar-refractivity contribution in [3.8, 4) is 11.8 Å². The van der Waals surface area contributed by atoms with Gasteiger partial charge in [0.1, 0.15) is 5.60 Å². The van der Waals surface area contributed by atoms with E-state index in [1.165, 1.54) is 0 Å². The Morgan fingerprint density at radius 2 is 2.36 bits per heavy atom. The van der Waals surface area contributed by atoms with Crippen LogP contribution in [0.3, 0.4) is 0 Å². The van der Waals surface area contributed by atoms with Gasteiger partial charge in [0.05, 0.1) is 5.38 Å². The molecule has 0 fully saturated rings. The van der Waals surface area contributed by atoms with Crippen molar-refractivity contribution in [3.05, 3.63) is 12.7 Å². The number of hydrogen-bond acceptors (Lipinski definition) is 1. The number of rotatable bonds is 3. The molecule has 0 amide bonds. The monoisotopic (exact) mass is 172 g/mol. The van der Waals surface area contributed by atoms with Crippen LogP contribution in [0.5, 0.6) is 0 Å². The highest BCUT2D eigenvalue weighted by atomic mass is 35.5. The minimum absolute atomic E-state index is 0.217. The lowest BCUT2D eigenvalue weighted by molar-refractivity contribution is 0.114. The Kier molecular flexibility index (Phi) is 4.25. The topological polar surface area (TPSA) is 20.2 Å². The summed E-state index contributed by atoms with van der Waals surface area (Å²) in [5.74, 6) is 5.30. The van der Waals surface area contributed by atoms with Gasteiger partial charge in [0.2, 0.25) is 0 Å². The molecule has 0 aromatic carbocycles. The van der Waals surface area contributed by atoms with E-state index in [0.717, 1.165) is 0 Å². The maximum Gasteiger partial charge on any atom is 0.124 e. The second kappa shape index (κ2) is 4.43. The van der Waals surface area contributed by atoms with Crippen molar-refractivity contribution in [2.75, 3.05) is 0 Å². The van der Waals surface area contributed by atoms with Crippen LogP contribution >= 0.6 is 11.6 Å². The highest BCUT2D eigenvalue weighted by Gasteiger charge is 2.19. The number of allylic oxidation sites excluding steroid dienone is 1. The molecule has 1 nitrogen and oxygen atoms in total. The molecule has 11 heavy (non-hydrogen) atoms. The van der Waals surface area contributed by atoms with E-state index in [1.54, 1.807) is 19.9 Å². The van der Waals surface area contributed by atoms with Crippen LogP contribution in [0.2, 0.25) is 0 Å². The van der Waals surface area contributed by atoms with Crippen LogP contribution < -0.4 is 0 Å². The predicted octanol–water partition coefficient (Wildman–Crippen LogP) is 1.94. The molecule has 1 N–H and O–H groups in total. The van der Waals surface area contributed by atoms with E-state index in [4.69, 9.17) is 11.6 Å². The molecule has 0 bridgehead atoms. The highest BCUT2D eigenvalue weighted by molar-refractivity contribution is 6.21. The molecule has 0 saturated heterocycles. The summed E-state index contributed by atoms with van der Waals surface area (Å²) in [5.41, 5.74) is -0.991. The van der Waals surface area contributed by atoms with E-state index in [9.17, 15) is 5.11 Å². The van der Waals surface area contributed by atoms with Crippen LogP contribution in [0.25, 0.3) is 0 Å². The number of alkyl halides is 1. The molecule has 0 rings (SSSR count). The first kappa shape index (κ1) is 10.6. The molecule has 0 aliphatic rings. The molecule has 0 spiro atoms. The van der Waals surface area contributed by atoms with Crippen molar-refractivity contribution in [1.82, 2.24) is 0 Å². The molecule has 2 unspecified atom stereocenters. The van der Waals surface area contributed by atoms with Crippen molar-refractivity contribution in [2.45, 2.75) is 31.2 Å². The zero-order chi connectivity index (χ0) is 8.91. The summed E-state index contributed by atoms with van der Waals surface area (Å²) >= 11 is 5.74. The molecule has 0 aliphatic carbocycles. The van der Waals surface area contributed by atoms with Crippen LogP contribution in [0.4, 0.5) is 0 Å². The quantitative estimate of drug-likeness (QED) is 0.392. The van der Waals surface area contributed by atoms with Gasteiger partial charge in [0.15, 0.2) is 0 Å². The average Bonchev–Trinajstić information content (AvgIpc) is 1.86. The first-order valence-corrected chi connectivity index (χ1v) is 3.88. The number of hydrogen-bond donors (Lipinski definition) is 1. The Labute approximate surface area is 73.1 Å². The van der Waals surface area contributed by atoms with E-state index in [1.807, 2.05) is 0 Å². The SMILES string of the molecule is C=CC(Cl)CC(C)(O)C#CC. The van der Waals surface area contributed by atoms with Gasteiger partial charge in [0.25, 0.3) is 0 Å². The molecule has 2 heteroatoms. The van der Waals surface area contributed by atoms with Crippen LogP contribution in [-0.4, -0.2) is 16.1 Å². The van der Waals surface area contributed by atoms with Crippen molar-refractivity contribution < 1.29 is 5.11 Å². The van der Waals surface area contributed by atoms with Crippen molar-refractivity contribution in [3.63, 3.8) is 0 Å². The van der Waals surface area contributed by atoms with Crippen LogP contribution in [0.1, 0.15) is 20.3 Å². The van der Waals surface area contributed by atoms with Crippen LogP contribution in [0, 0.1) is 11.8 Å². The van der Waals surface area contributed by atoms with E-state index in [0.29, 0.717) is 6.42 Å². The molecule has 0 aromatic heterocycles. The average molecular weight is 173 g/mol. The first-order chi connectivity index (χ1) is 5.02. The smallest absolute Gasteiger partial charge is 0.124 e. The van der Waals surface area contributed by atoms with E-state index < -0.39 is 5.60 Å². The van der Waals surface area contributed by atoms with Gasteiger partial charge in [-0.15, -0.1) is 24.1 Å². The molecule has 0 saturated carbocycles. The lowest BCUT2D eigenvalue weighted by Gasteiger charge is -2.17. The van der Waals surface area contributed by atoms with E-state index >= 15 is 0 Å². The van der Waals surface area contributed by atoms with Gasteiger partial charge >= 0.3 is 0 Å². The summed E-state index contributed by atoms with van der Waals surface area (Å²) in [4.78, 5) is 0. The summed E-state index contributed by atoms with van der Waals surface area (Å²) in [7, 11) is 0. The molecule has 2 atom stereocenters. The fraction of sp³-hybridized carbons (Fsp3) is 0.556. The molecular weight excluding hydrogens is 160 g/mol. The van der Waals surface area contributed by atoms with Gasteiger partial charge in [-0.3, -0.25) is 0 Å². The summed E-state index contributed by atoms with van der Waals surface area (Å²) < 4.78 is 0. The second-order valence-electron chi connectivity index (χ2n) is 2.60. The lowest BCUT2D eigenvalue weighted by Crippen LogP contribution is -2.25. The molecule has 0 heterocycles. The first-order valence-electron chi connectivity index (χ1n) is 3.45. The second-order valence-corrected chi connectivity index (χ2v) is 3.17. The maximum absolute atomic E-state index is 9.51. The van der Waals surface area contributed by atoms with E-state index in [-0.39, 0.29) is 5.38 Å². The minimum atomic E-state index is -0.991. The zero-order valence-electron chi connectivity index (χ0n) is 6.89. The van der Waals surface area contributed by atoms with Gasteiger partial charge in [-0.05, 0) is 13.8 Å². The van der Waals surface area contributed by atoms with Crippen molar-refractivity contribution in [2.24, 2.45) is 0 Å². The molecule has 0 radical (unpaired) electrons. The molecular formula is C9H13ClO. The Hall–Kier alpha value is -0.450. The van der Waals surface area contributed by atoms with Gasteiger partial charge in [-0.25, -0.2) is 0 Å². The predicted molar refractivity (Wildman–Crippen MR) is 48.5 cm³/mol. The fourth-order valence-corrected chi connectivity index (χ4v) is 1.08. The highest BCUT2D eigenvalue weighted by Crippen LogP contribution is 2.15. The van der Waals surface area contributed by atoms with Gasteiger partial charge < -0.3 is 5.11 Å². The van der Waals surface area contributed by atoms with E-state index in [2.05, 4.69) is 18.4 Å². The van der Waals surface area contributed by atoms with Crippen molar-refractivity contribution in [1.29, 1.82) is 0 Å². The normalized spacial score (nSPS) is 17.5. The molecule has 0 aliphatic heterocycles. The van der Waals surface area contributed by atoms with Crippen LogP contribution in [0.15, 0.2) is 12.7 Å². The Balaban J connectivity index is 4.07. The summed E-state index contributed by atoms with van der Waals surface area (Å²) in [6, 6.07) is 0. The summed E-state index contributed by atoms with van der Waals surface area (Å²) in [6.45, 7) is 6.84. The Bertz CT molecular complexity index is 185. The summed E-state index contributed by atoms with van der Waals surface area (Å²) in [6.07, 6.45) is 2.01. The third-order valence-electron chi connectivity index (χ3n) is 1.24. The molecule has 0 aromatic rings. The summed E-state index contributed by atoms with van der Waals surface area (Å²) in [5, 5.41) is 9.29. The standard InChI is InChI=1S/C9H13ClO/c1-4-6-9(3,11)7-8(10)5-2/h5,8,11H,2,7H2,1,3H3. The Morgan fingerprint density at radius 3 is 2.73 bits per heavy atom.